The molecule has 1 aliphatic heterocycles. The van der Waals surface area contributed by atoms with Crippen molar-refractivity contribution in [2.75, 3.05) is 31.3 Å². The second kappa shape index (κ2) is 9.18. The minimum atomic E-state index is -4.60. The van der Waals surface area contributed by atoms with Crippen LogP contribution >= 0.6 is 0 Å². The minimum Gasteiger partial charge on any atom is -0.495 e. The lowest BCUT2D eigenvalue weighted by Crippen LogP contribution is -2.26. The number of likely N-dealkylation sites (N-methyl/N-ethyl adjacent to an activating group) is 1. The lowest BCUT2D eigenvalue weighted by Gasteiger charge is -2.26. The van der Waals surface area contributed by atoms with E-state index in [1.165, 1.54) is 23.8 Å². The number of aromatic nitrogens is 2. The molecule has 2 heterocycles. The first-order chi connectivity index (χ1) is 16.2. The second-order valence-electron chi connectivity index (χ2n) is 7.92. The number of halogens is 3. The predicted octanol–water partition coefficient (Wildman–Crippen LogP) is 4.08. The molecule has 0 aliphatic carbocycles. The second-order valence-corrected chi connectivity index (χ2v) is 7.92. The molecule has 11 heteroatoms. The van der Waals surface area contributed by atoms with E-state index >= 15 is 0 Å². The van der Waals surface area contributed by atoms with Crippen LogP contribution in [0.1, 0.15) is 27.0 Å². The molecule has 0 atom stereocenters. The van der Waals surface area contributed by atoms with Gasteiger partial charge in [-0.25, -0.2) is 4.98 Å². The maximum atomic E-state index is 13.4. The molecule has 0 radical (unpaired) electrons. The van der Waals surface area contributed by atoms with Crippen molar-refractivity contribution in [3.05, 3.63) is 64.8 Å². The number of hydrogen-bond donors (Lipinski definition) is 3. The van der Waals surface area contributed by atoms with Crippen LogP contribution in [-0.2, 0) is 19.1 Å². The van der Waals surface area contributed by atoms with E-state index in [-0.39, 0.29) is 23.0 Å². The molecular formula is C23H23F3N6O2. The molecule has 178 valence electrons. The monoisotopic (exact) mass is 472 g/mol. The van der Waals surface area contributed by atoms with Gasteiger partial charge in [-0.15, -0.1) is 0 Å². The molecule has 0 spiro atoms. The van der Waals surface area contributed by atoms with Crippen molar-refractivity contribution in [1.29, 1.82) is 0 Å². The number of benzene rings is 2. The number of nitrogens with zero attached hydrogens (tertiary/aromatic N) is 3. The fourth-order valence-corrected chi connectivity index (χ4v) is 3.80. The number of nitrogens with one attached hydrogen (secondary N) is 2. The Balaban J connectivity index is 1.70. The van der Waals surface area contributed by atoms with Crippen LogP contribution < -0.4 is 21.1 Å². The molecule has 4 rings (SSSR count). The summed E-state index contributed by atoms with van der Waals surface area (Å²) in [6, 6.07) is 8.77. The first-order valence-corrected chi connectivity index (χ1v) is 10.4. The number of ether oxygens (including phenoxy) is 1. The molecule has 1 aromatic heterocycles. The van der Waals surface area contributed by atoms with Crippen molar-refractivity contribution in [2.45, 2.75) is 19.1 Å². The summed E-state index contributed by atoms with van der Waals surface area (Å²) in [4.78, 5) is 22.4. The molecule has 8 nitrogen and oxygen atoms in total. The average Bonchev–Trinajstić information content (AvgIpc) is 2.78. The highest BCUT2D eigenvalue weighted by molar-refractivity contribution is 5.98. The number of nitrogens with two attached hydrogens (primary N) is 1. The van der Waals surface area contributed by atoms with Crippen molar-refractivity contribution in [1.82, 2.24) is 14.9 Å². The third-order valence-corrected chi connectivity index (χ3v) is 5.51. The maximum absolute atomic E-state index is 13.4. The number of alkyl halides is 3. The first-order valence-electron chi connectivity index (χ1n) is 10.4. The third-order valence-electron chi connectivity index (χ3n) is 5.51. The van der Waals surface area contributed by atoms with E-state index in [0.717, 1.165) is 37.3 Å². The van der Waals surface area contributed by atoms with Gasteiger partial charge in [0, 0.05) is 19.3 Å². The zero-order valence-corrected chi connectivity index (χ0v) is 18.5. The van der Waals surface area contributed by atoms with Crippen molar-refractivity contribution < 1.29 is 22.7 Å². The SMILES string of the molecule is COc1cc2c(cc1Nc1ncc(C(N)=O)c(Nc3ccccc3C(F)(F)F)n1)CN(C)CC2. The molecule has 1 amide bonds. The van der Waals surface area contributed by atoms with Gasteiger partial charge in [-0.05, 0) is 48.9 Å². The fraction of sp³-hybridized carbons (Fsp3) is 0.261. The van der Waals surface area contributed by atoms with Gasteiger partial charge in [0.2, 0.25) is 5.95 Å². The lowest BCUT2D eigenvalue weighted by atomic mass is 9.99. The van der Waals surface area contributed by atoms with E-state index in [1.807, 2.05) is 19.2 Å². The van der Waals surface area contributed by atoms with Gasteiger partial charge in [-0.1, -0.05) is 12.1 Å². The summed E-state index contributed by atoms with van der Waals surface area (Å²) in [6.07, 6.45) is -2.55. The molecule has 0 bridgehead atoms. The van der Waals surface area contributed by atoms with Gasteiger partial charge in [0.05, 0.1) is 24.0 Å². The minimum absolute atomic E-state index is 0.0550. The van der Waals surface area contributed by atoms with Gasteiger partial charge in [-0.3, -0.25) is 4.79 Å². The van der Waals surface area contributed by atoms with Gasteiger partial charge in [0.25, 0.3) is 5.91 Å². The Hall–Kier alpha value is -3.86. The molecule has 0 saturated heterocycles. The van der Waals surface area contributed by atoms with Crippen LogP contribution in [0.2, 0.25) is 0 Å². The summed E-state index contributed by atoms with van der Waals surface area (Å²) in [5, 5.41) is 5.64. The average molecular weight is 472 g/mol. The fourth-order valence-electron chi connectivity index (χ4n) is 3.80. The molecule has 34 heavy (non-hydrogen) atoms. The zero-order valence-electron chi connectivity index (χ0n) is 18.5. The first kappa shape index (κ1) is 23.3. The molecule has 2 aromatic carbocycles. The summed E-state index contributed by atoms with van der Waals surface area (Å²) >= 11 is 0. The summed E-state index contributed by atoms with van der Waals surface area (Å²) in [6.45, 7) is 1.70. The number of hydrogen-bond acceptors (Lipinski definition) is 7. The number of amides is 1. The predicted molar refractivity (Wildman–Crippen MR) is 122 cm³/mol. The van der Waals surface area contributed by atoms with Gasteiger partial charge in [0.15, 0.2) is 0 Å². The lowest BCUT2D eigenvalue weighted by molar-refractivity contribution is -0.136. The van der Waals surface area contributed by atoms with E-state index in [4.69, 9.17) is 10.5 Å². The highest BCUT2D eigenvalue weighted by Crippen LogP contribution is 2.37. The highest BCUT2D eigenvalue weighted by atomic mass is 19.4. The number of anilines is 4. The standard InChI is InChI=1S/C23H23F3N6O2/c1-32-8-7-13-10-19(34-2)18(9-14(13)12-32)30-22-28-11-15(20(27)33)21(31-22)29-17-6-4-3-5-16(17)23(24,25)26/h3-6,9-11H,7-8,12H2,1-2H3,(H2,27,33)(H2,28,29,30,31). The van der Waals surface area contributed by atoms with Crippen LogP contribution in [0.4, 0.5) is 36.3 Å². The van der Waals surface area contributed by atoms with Crippen LogP contribution in [-0.4, -0.2) is 41.5 Å². The largest absolute Gasteiger partial charge is 0.495 e. The number of para-hydroxylation sites is 1. The number of methoxy groups -OCH3 is 1. The van der Waals surface area contributed by atoms with E-state index in [9.17, 15) is 18.0 Å². The van der Waals surface area contributed by atoms with Crippen molar-refractivity contribution in [3.63, 3.8) is 0 Å². The Kier molecular flexibility index (Phi) is 6.29. The van der Waals surface area contributed by atoms with Gasteiger partial charge >= 0.3 is 6.18 Å². The van der Waals surface area contributed by atoms with Crippen molar-refractivity contribution in [3.8, 4) is 5.75 Å². The Labute approximate surface area is 194 Å². The Morgan fingerprint density at radius 1 is 1.15 bits per heavy atom. The summed E-state index contributed by atoms with van der Waals surface area (Å²) < 4.78 is 45.8. The van der Waals surface area contributed by atoms with Gasteiger partial charge in [0.1, 0.15) is 17.1 Å². The molecule has 0 saturated carbocycles. The van der Waals surface area contributed by atoms with Crippen LogP contribution in [0.15, 0.2) is 42.6 Å². The molecule has 3 aromatic rings. The van der Waals surface area contributed by atoms with Gasteiger partial charge < -0.3 is 26.0 Å². The normalized spacial score (nSPS) is 13.8. The van der Waals surface area contributed by atoms with E-state index in [0.29, 0.717) is 11.4 Å². The summed E-state index contributed by atoms with van der Waals surface area (Å²) in [7, 11) is 3.57. The Bertz CT molecular complexity index is 1230. The van der Waals surface area contributed by atoms with E-state index in [2.05, 4.69) is 25.5 Å². The molecule has 1 aliphatic rings. The molecule has 0 fully saturated rings. The quantitative estimate of drug-likeness (QED) is 0.497. The topological polar surface area (TPSA) is 105 Å². The smallest absolute Gasteiger partial charge is 0.418 e. The van der Waals surface area contributed by atoms with Crippen molar-refractivity contribution in [2.24, 2.45) is 5.73 Å². The number of fused-ring (bicyclic) bond motifs is 1. The van der Waals surface area contributed by atoms with Gasteiger partial charge in [-0.2, -0.15) is 18.2 Å². The van der Waals surface area contributed by atoms with E-state index in [1.54, 1.807) is 7.11 Å². The molecular weight excluding hydrogens is 449 g/mol. The molecule has 4 N–H and O–H groups in total. The van der Waals surface area contributed by atoms with Crippen molar-refractivity contribution >= 4 is 29.0 Å². The molecule has 0 unspecified atom stereocenters. The van der Waals surface area contributed by atoms with Crippen LogP contribution in [0.5, 0.6) is 5.75 Å². The number of rotatable bonds is 6. The highest BCUT2D eigenvalue weighted by Gasteiger charge is 2.33. The number of carbonyl (C=O) groups is 1. The summed E-state index contributed by atoms with van der Waals surface area (Å²) in [5.74, 6) is -0.409. The van der Waals surface area contributed by atoms with Crippen LogP contribution in [0.3, 0.4) is 0 Å². The summed E-state index contributed by atoms with van der Waals surface area (Å²) in [5.41, 5.74) is 6.96. The Morgan fingerprint density at radius 2 is 1.91 bits per heavy atom. The maximum Gasteiger partial charge on any atom is 0.418 e. The van der Waals surface area contributed by atoms with Crippen LogP contribution in [0.25, 0.3) is 0 Å². The number of primary amides is 1. The van der Waals surface area contributed by atoms with Crippen LogP contribution in [0, 0.1) is 0 Å². The Morgan fingerprint density at radius 3 is 2.62 bits per heavy atom. The van der Waals surface area contributed by atoms with E-state index < -0.39 is 17.6 Å². The third kappa shape index (κ3) is 4.88. The number of carbonyl (C=O) groups excluding carboxylic acids is 1. The zero-order chi connectivity index (χ0) is 24.5.